The van der Waals surface area contributed by atoms with Crippen LogP contribution in [0.25, 0.3) is 0 Å². The van der Waals surface area contributed by atoms with E-state index in [2.05, 4.69) is 19.9 Å². The summed E-state index contributed by atoms with van der Waals surface area (Å²) in [6.45, 7) is 4.80. The standard InChI is InChI=1S/C23H41N/c1-3-4-6-11-21-12-14-22(15-13-21)20(2)10-9-18-23(19-24)16-7-5-8-17-23/h20-22H,3-18H2,1-2H3. The molecule has 2 aliphatic carbocycles. The lowest BCUT2D eigenvalue weighted by Gasteiger charge is -2.34. The average molecular weight is 332 g/mol. The van der Waals surface area contributed by atoms with E-state index < -0.39 is 0 Å². The maximum atomic E-state index is 9.62. The zero-order valence-corrected chi connectivity index (χ0v) is 16.5. The number of rotatable bonds is 9. The minimum absolute atomic E-state index is 0.0505. The van der Waals surface area contributed by atoms with Gasteiger partial charge in [-0.15, -0.1) is 0 Å². The number of unbranched alkanes of at least 4 members (excludes halogenated alkanes) is 2. The van der Waals surface area contributed by atoms with Crippen LogP contribution < -0.4 is 0 Å². The van der Waals surface area contributed by atoms with Crippen LogP contribution in [0.2, 0.25) is 0 Å². The van der Waals surface area contributed by atoms with Crippen LogP contribution >= 0.6 is 0 Å². The number of hydrogen-bond donors (Lipinski definition) is 0. The zero-order valence-electron chi connectivity index (χ0n) is 16.5. The molecule has 1 unspecified atom stereocenters. The van der Waals surface area contributed by atoms with Crippen molar-refractivity contribution in [2.24, 2.45) is 23.2 Å². The molecule has 1 atom stereocenters. The summed E-state index contributed by atoms with van der Waals surface area (Å²) in [4.78, 5) is 0. The summed E-state index contributed by atoms with van der Waals surface area (Å²) in [7, 11) is 0. The molecule has 138 valence electrons. The Kier molecular flexibility index (Phi) is 8.65. The SMILES string of the molecule is CCCCCC1CCC(C(C)CCCC2(C#N)CCCCC2)CC1. The summed E-state index contributed by atoms with van der Waals surface area (Å²) in [6.07, 6.45) is 21.7. The van der Waals surface area contributed by atoms with Crippen LogP contribution in [-0.2, 0) is 0 Å². The number of hydrogen-bond acceptors (Lipinski definition) is 1. The van der Waals surface area contributed by atoms with Crippen molar-refractivity contribution in [1.29, 1.82) is 5.26 Å². The molecule has 1 heteroatoms. The topological polar surface area (TPSA) is 23.8 Å². The fraction of sp³-hybridized carbons (Fsp3) is 0.957. The number of nitrogens with zero attached hydrogens (tertiary/aromatic N) is 1. The fourth-order valence-electron chi connectivity index (χ4n) is 5.37. The summed E-state index contributed by atoms with van der Waals surface area (Å²) in [5.41, 5.74) is 0.0505. The van der Waals surface area contributed by atoms with Gasteiger partial charge in [0, 0.05) is 0 Å². The van der Waals surface area contributed by atoms with Gasteiger partial charge >= 0.3 is 0 Å². The van der Waals surface area contributed by atoms with Crippen LogP contribution in [0.1, 0.15) is 117 Å². The summed E-state index contributed by atoms with van der Waals surface area (Å²) in [5.74, 6) is 2.88. The van der Waals surface area contributed by atoms with Gasteiger partial charge in [0.15, 0.2) is 0 Å². The van der Waals surface area contributed by atoms with E-state index in [-0.39, 0.29) is 5.41 Å². The normalized spacial score (nSPS) is 28.2. The lowest BCUT2D eigenvalue weighted by molar-refractivity contribution is 0.185. The lowest BCUT2D eigenvalue weighted by atomic mass is 9.70. The van der Waals surface area contributed by atoms with Gasteiger partial charge in [-0.05, 0) is 49.9 Å². The van der Waals surface area contributed by atoms with Crippen LogP contribution in [0.15, 0.2) is 0 Å². The van der Waals surface area contributed by atoms with Crippen LogP contribution in [-0.4, -0.2) is 0 Å². The molecule has 2 fully saturated rings. The second-order valence-electron chi connectivity index (χ2n) is 9.10. The van der Waals surface area contributed by atoms with E-state index in [9.17, 15) is 5.26 Å². The van der Waals surface area contributed by atoms with E-state index >= 15 is 0 Å². The van der Waals surface area contributed by atoms with Crippen molar-refractivity contribution >= 4 is 0 Å². The molecule has 0 aromatic carbocycles. The average Bonchev–Trinajstić information content (AvgIpc) is 2.63. The molecule has 1 nitrogen and oxygen atoms in total. The number of nitriles is 1. The van der Waals surface area contributed by atoms with Gasteiger partial charge in [-0.25, -0.2) is 0 Å². The van der Waals surface area contributed by atoms with Crippen molar-refractivity contribution in [3.05, 3.63) is 0 Å². The van der Waals surface area contributed by atoms with E-state index in [1.807, 2.05) is 0 Å². The van der Waals surface area contributed by atoms with Crippen molar-refractivity contribution in [1.82, 2.24) is 0 Å². The molecule has 2 saturated carbocycles. The molecule has 0 N–H and O–H groups in total. The van der Waals surface area contributed by atoms with Crippen LogP contribution in [0.5, 0.6) is 0 Å². The highest BCUT2D eigenvalue weighted by Gasteiger charge is 2.32. The Morgan fingerprint density at radius 1 is 1.00 bits per heavy atom. The smallest absolute Gasteiger partial charge is 0.0689 e. The van der Waals surface area contributed by atoms with Crippen molar-refractivity contribution in [3.8, 4) is 6.07 Å². The highest BCUT2D eigenvalue weighted by atomic mass is 14.4. The molecule has 0 radical (unpaired) electrons. The third-order valence-electron chi connectivity index (χ3n) is 7.27. The molecule has 0 saturated heterocycles. The molecule has 0 amide bonds. The Labute approximate surface area is 151 Å². The first-order valence-electron chi connectivity index (χ1n) is 11.1. The minimum atomic E-state index is 0.0505. The first-order valence-corrected chi connectivity index (χ1v) is 11.1. The minimum Gasteiger partial charge on any atom is -0.198 e. The Morgan fingerprint density at radius 3 is 2.33 bits per heavy atom. The summed E-state index contributed by atoms with van der Waals surface area (Å²) in [5, 5.41) is 9.62. The second-order valence-corrected chi connectivity index (χ2v) is 9.10. The van der Waals surface area contributed by atoms with Crippen LogP contribution in [0, 0.1) is 34.5 Å². The summed E-state index contributed by atoms with van der Waals surface area (Å²) >= 11 is 0. The van der Waals surface area contributed by atoms with Gasteiger partial charge in [-0.1, -0.05) is 84.5 Å². The molecular weight excluding hydrogens is 290 g/mol. The van der Waals surface area contributed by atoms with Crippen molar-refractivity contribution in [3.63, 3.8) is 0 Å². The van der Waals surface area contributed by atoms with E-state index in [0.29, 0.717) is 0 Å². The lowest BCUT2D eigenvalue weighted by Crippen LogP contribution is -2.23. The molecule has 2 aliphatic rings. The van der Waals surface area contributed by atoms with E-state index in [4.69, 9.17) is 0 Å². The summed E-state index contributed by atoms with van der Waals surface area (Å²) < 4.78 is 0. The first-order chi connectivity index (χ1) is 11.7. The monoisotopic (exact) mass is 331 g/mol. The van der Waals surface area contributed by atoms with Gasteiger partial charge in [-0.2, -0.15) is 5.26 Å². The van der Waals surface area contributed by atoms with Gasteiger partial charge in [0.1, 0.15) is 0 Å². The van der Waals surface area contributed by atoms with Crippen LogP contribution in [0.3, 0.4) is 0 Å². The third kappa shape index (κ3) is 6.09. The van der Waals surface area contributed by atoms with Gasteiger partial charge in [0.05, 0.1) is 11.5 Å². The first kappa shape index (κ1) is 19.8. The highest BCUT2D eigenvalue weighted by Crippen LogP contribution is 2.42. The maximum Gasteiger partial charge on any atom is 0.0689 e. The summed E-state index contributed by atoms with van der Waals surface area (Å²) in [6, 6.07) is 2.70. The molecule has 0 spiro atoms. The molecule has 0 aliphatic heterocycles. The van der Waals surface area contributed by atoms with Crippen LogP contribution in [0.4, 0.5) is 0 Å². The maximum absolute atomic E-state index is 9.62. The third-order valence-corrected chi connectivity index (χ3v) is 7.27. The molecule has 0 aromatic rings. The Bertz CT molecular complexity index is 366. The fourth-order valence-corrected chi connectivity index (χ4v) is 5.37. The highest BCUT2D eigenvalue weighted by molar-refractivity contribution is 5.00. The van der Waals surface area contributed by atoms with E-state index in [0.717, 1.165) is 17.8 Å². The predicted octanol–water partition coefficient (Wildman–Crippen LogP) is 7.65. The predicted molar refractivity (Wildman–Crippen MR) is 104 cm³/mol. The molecular formula is C23H41N. The van der Waals surface area contributed by atoms with E-state index in [1.165, 1.54) is 103 Å². The Morgan fingerprint density at radius 2 is 1.71 bits per heavy atom. The van der Waals surface area contributed by atoms with Crippen molar-refractivity contribution in [2.75, 3.05) is 0 Å². The quantitative estimate of drug-likeness (QED) is 0.398. The van der Waals surface area contributed by atoms with Gasteiger partial charge in [0.25, 0.3) is 0 Å². The van der Waals surface area contributed by atoms with E-state index in [1.54, 1.807) is 0 Å². The second kappa shape index (κ2) is 10.5. The molecule has 24 heavy (non-hydrogen) atoms. The zero-order chi connectivity index (χ0) is 17.3. The largest absolute Gasteiger partial charge is 0.198 e. The van der Waals surface area contributed by atoms with Crippen molar-refractivity contribution < 1.29 is 0 Å². The molecule has 0 bridgehead atoms. The van der Waals surface area contributed by atoms with Crippen molar-refractivity contribution in [2.45, 2.75) is 117 Å². The van der Waals surface area contributed by atoms with Gasteiger partial charge in [-0.3, -0.25) is 0 Å². The van der Waals surface area contributed by atoms with Gasteiger partial charge < -0.3 is 0 Å². The Hall–Kier alpha value is -0.510. The molecule has 0 aromatic heterocycles. The van der Waals surface area contributed by atoms with Gasteiger partial charge in [0.2, 0.25) is 0 Å². The molecule has 0 heterocycles. The molecule has 2 rings (SSSR count). The Balaban J connectivity index is 1.63.